The van der Waals surface area contributed by atoms with Gasteiger partial charge in [0.05, 0.1) is 0 Å². The third-order valence-corrected chi connectivity index (χ3v) is 5.88. The predicted molar refractivity (Wildman–Crippen MR) is 93.6 cm³/mol. The zero-order valence-electron chi connectivity index (χ0n) is 15.1. The maximum absolute atomic E-state index is 3.86. The molecule has 124 valence electrons. The first-order valence-corrected chi connectivity index (χ1v) is 9.66. The molecule has 21 heavy (non-hydrogen) atoms. The summed E-state index contributed by atoms with van der Waals surface area (Å²) in [7, 11) is 0. The molecule has 0 aromatic carbocycles. The Morgan fingerprint density at radius 3 is 2.24 bits per heavy atom. The zero-order chi connectivity index (χ0) is 15.3. The highest BCUT2D eigenvalue weighted by molar-refractivity contribution is 4.91. The Morgan fingerprint density at radius 2 is 1.71 bits per heavy atom. The Balaban J connectivity index is 1.83. The van der Waals surface area contributed by atoms with Crippen molar-refractivity contribution in [2.75, 3.05) is 6.54 Å². The maximum atomic E-state index is 3.86. The highest BCUT2D eigenvalue weighted by Crippen LogP contribution is 2.45. The van der Waals surface area contributed by atoms with Crippen LogP contribution in [0.2, 0.25) is 0 Å². The Bertz CT molecular complexity index is 289. The summed E-state index contributed by atoms with van der Waals surface area (Å²) in [6, 6.07) is 0.870. The van der Waals surface area contributed by atoms with Crippen LogP contribution in [0.25, 0.3) is 0 Å². The van der Waals surface area contributed by atoms with E-state index in [4.69, 9.17) is 0 Å². The van der Waals surface area contributed by atoms with Crippen molar-refractivity contribution < 1.29 is 0 Å². The largest absolute Gasteiger partial charge is 0.313 e. The number of nitrogens with one attached hydrogen (secondary N) is 1. The van der Waals surface area contributed by atoms with Gasteiger partial charge in [-0.25, -0.2) is 0 Å². The molecule has 2 aliphatic rings. The highest BCUT2D eigenvalue weighted by atomic mass is 15.0. The Kier molecular flexibility index (Phi) is 6.17. The van der Waals surface area contributed by atoms with Gasteiger partial charge in [-0.2, -0.15) is 0 Å². The minimum atomic E-state index is 0.492. The molecule has 0 bridgehead atoms. The van der Waals surface area contributed by atoms with Crippen molar-refractivity contribution in [1.82, 2.24) is 5.32 Å². The van der Waals surface area contributed by atoms with Crippen LogP contribution in [-0.2, 0) is 0 Å². The van der Waals surface area contributed by atoms with Crippen molar-refractivity contribution >= 4 is 0 Å². The fourth-order valence-corrected chi connectivity index (χ4v) is 3.88. The normalized spacial score (nSPS) is 30.6. The quantitative estimate of drug-likeness (QED) is 0.584. The lowest BCUT2D eigenvalue weighted by atomic mass is 9.65. The average Bonchev–Trinajstić information content (AvgIpc) is 3.26. The molecule has 0 saturated heterocycles. The fraction of sp³-hybridized carbons (Fsp3) is 1.00. The Labute approximate surface area is 133 Å². The first-order valence-electron chi connectivity index (χ1n) is 9.66. The van der Waals surface area contributed by atoms with Crippen molar-refractivity contribution in [3.05, 3.63) is 0 Å². The van der Waals surface area contributed by atoms with Gasteiger partial charge in [-0.05, 0) is 68.1 Å². The van der Waals surface area contributed by atoms with Crippen LogP contribution in [0.15, 0.2) is 0 Å². The summed E-state index contributed by atoms with van der Waals surface area (Å²) in [5.74, 6) is 1.04. The van der Waals surface area contributed by atoms with E-state index in [-0.39, 0.29) is 0 Å². The molecule has 0 amide bonds. The summed E-state index contributed by atoms with van der Waals surface area (Å²) < 4.78 is 0. The average molecular weight is 294 g/mol. The summed E-state index contributed by atoms with van der Waals surface area (Å²) >= 11 is 0. The molecular formula is C20H39N. The van der Waals surface area contributed by atoms with Gasteiger partial charge in [-0.1, -0.05) is 47.0 Å². The first kappa shape index (κ1) is 17.3. The van der Waals surface area contributed by atoms with Gasteiger partial charge in [0.15, 0.2) is 0 Å². The number of hydrogen-bond donors (Lipinski definition) is 1. The van der Waals surface area contributed by atoms with Gasteiger partial charge in [0.2, 0.25) is 0 Å². The molecule has 2 saturated carbocycles. The van der Waals surface area contributed by atoms with Gasteiger partial charge in [0, 0.05) is 12.6 Å². The third kappa shape index (κ3) is 6.30. The Hall–Kier alpha value is -0.0400. The van der Waals surface area contributed by atoms with Crippen LogP contribution >= 0.6 is 0 Å². The van der Waals surface area contributed by atoms with E-state index >= 15 is 0 Å². The van der Waals surface area contributed by atoms with E-state index in [2.05, 4.69) is 33.0 Å². The summed E-state index contributed by atoms with van der Waals surface area (Å²) in [6.45, 7) is 10.8. The lowest BCUT2D eigenvalue weighted by Crippen LogP contribution is -2.39. The predicted octanol–water partition coefficient (Wildman–Crippen LogP) is 5.93. The van der Waals surface area contributed by atoms with E-state index in [1.54, 1.807) is 0 Å². The molecule has 2 aliphatic carbocycles. The van der Waals surface area contributed by atoms with Crippen molar-refractivity contribution in [3.63, 3.8) is 0 Å². The number of hydrogen-bond acceptors (Lipinski definition) is 1. The lowest BCUT2D eigenvalue weighted by molar-refractivity contribution is 0.110. The first-order chi connectivity index (χ1) is 9.92. The molecule has 1 N–H and O–H groups in total. The maximum Gasteiger partial charge on any atom is 0.00684 e. The van der Waals surface area contributed by atoms with Crippen LogP contribution in [0.4, 0.5) is 0 Å². The van der Waals surface area contributed by atoms with E-state index < -0.39 is 0 Å². The van der Waals surface area contributed by atoms with Crippen LogP contribution in [-0.4, -0.2) is 12.6 Å². The molecule has 0 aromatic heterocycles. The standard InChI is InChI=1S/C20H39N/c1-5-6-7-17-10-12-20(13-11-17,15-14-19(2,3)4)16-21-18-8-9-18/h17-18,21H,5-16H2,1-4H3. The molecule has 1 heteroatoms. The van der Waals surface area contributed by atoms with Crippen molar-refractivity contribution in [2.24, 2.45) is 16.7 Å². The second kappa shape index (κ2) is 7.49. The smallest absolute Gasteiger partial charge is 0.00684 e. The summed E-state index contributed by atoms with van der Waals surface area (Å²) in [5.41, 5.74) is 1.12. The van der Waals surface area contributed by atoms with E-state index in [0.29, 0.717) is 10.8 Å². The monoisotopic (exact) mass is 293 g/mol. The van der Waals surface area contributed by atoms with Crippen LogP contribution < -0.4 is 5.32 Å². The molecular weight excluding hydrogens is 254 g/mol. The molecule has 1 nitrogen and oxygen atoms in total. The number of unbranched alkanes of at least 4 members (excludes halogenated alkanes) is 1. The molecule has 0 unspecified atom stereocenters. The van der Waals surface area contributed by atoms with Crippen LogP contribution in [0.3, 0.4) is 0 Å². The van der Waals surface area contributed by atoms with Crippen LogP contribution in [0.1, 0.15) is 98.3 Å². The summed E-state index contributed by atoms with van der Waals surface area (Å²) in [5, 5.41) is 3.86. The van der Waals surface area contributed by atoms with Gasteiger partial charge in [0.25, 0.3) is 0 Å². The molecule has 0 aliphatic heterocycles. The SMILES string of the molecule is CCCCC1CCC(CCC(C)(C)C)(CNC2CC2)CC1. The fourth-order valence-electron chi connectivity index (χ4n) is 3.88. The van der Waals surface area contributed by atoms with Gasteiger partial charge in [0.1, 0.15) is 0 Å². The van der Waals surface area contributed by atoms with Crippen LogP contribution in [0.5, 0.6) is 0 Å². The van der Waals surface area contributed by atoms with Crippen molar-refractivity contribution in [3.8, 4) is 0 Å². The van der Waals surface area contributed by atoms with Gasteiger partial charge in [-0.15, -0.1) is 0 Å². The summed E-state index contributed by atoms with van der Waals surface area (Å²) in [6.07, 6.45) is 15.9. The van der Waals surface area contributed by atoms with E-state index in [1.165, 1.54) is 77.2 Å². The topological polar surface area (TPSA) is 12.0 Å². The van der Waals surface area contributed by atoms with Crippen molar-refractivity contribution in [1.29, 1.82) is 0 Å². The van der Waals surface area contributed by atoms with Crippen LogP contribution in [0, 0.1) is 16.7 Å². The van der Waals surface area contributed by atoms with E-state index in [9.17, 15) is 0 Å². The Morgan fingerprint density at radius 1 is 1.05 bits per heavy atom. The minimum Gasteiger partial charge on any atom is -0.313 e. The number of rotatable bonds is 8. The second-order valence-electron chi connectivity index (χ2n) is 9.30. The molecule has 0 spiro atoms. The van der Waals surface area contributed by atoms with Gasteiger partial charge < -0.3 is 5.32 Å². The molecule has 0 heterocycles. The lowest BCUT2D eigenvalue weighted by Gasteiger charge is -2.42. The van der Waals surface area contributed by atoms with Gasteiger partial charge >= 0.3 is 0 Å². The third-order valence-electron chi connectivity index (χ3n) is 5.88. The van der Waals surface area contributed by atoms with Gasteiger partial charge in [-0.3, -0.25) is 0 Å². The zero-order valence-corrected chi connectivity index (χ0v) is 15.1. The van der Waals surface area contributed by atoms with E-state index in [1.807, 2.05) is 0 Å². The molecule has 2 rings (SSSR count). The van der Waals surface area contributed by atoms with Crippen molar-refractivity contribution in [2.45, 2.75) is 104 Å². The minimum absolute atomic E-state index is 0.492. The molecule has 0 radical (unpaired) electrons. The second-order valence-corrected chi connectivity index (χ2v) is 9.30. The molecule has 0 atom stereocenters. The summed E-state index contributed by atoms with van der Waals surface area (Å²) in [4.78, 5) is 0. The van der Waals surface area contributed by atoms with E-state index in [0.717, 1.165) is 12.0 Å². The molecule has 0 aromatic rings. The highest BCUT2D eigenvalue weighted by Gasteiger charge is 2.37. The molecule has 2 fully saturated rings.